The predicted octanol–water partition coefficient (Wildman–Crippen LogP) is 5.61. The summed E-state index contributed by atoms with van der Waals surface area (Å²) in [6.07, 6.45) is 0. The molecular weight excluding hydrogens is 359 g/mol. The van der Waals surface area contributed by atoms with Gasteiger partial charge in [-0.2, -0.15) is 0 Å². The van der Waals surface area contributed by atoms with Crippen molar-refractivity contribution in [3.63, 3.8) is 0 Å². The first kappa shape index (κ1) is 15.9. The Bertz CT molecular complexity index is 1430. The van der Waals surface area contributed by atoms with Crippen LogP contribution in [0.15, 0.2) is 103 Å². The van der Waals surface area contributed by atoms with Gasteiger partial charge in [-0.25, -0.2) is 0 Å². The van der Waals surface area contributed by atoms with Gasteiger partial charge in [0.25, 0.3) is 0 Å². The molecule has 0 spiro atoms. The Kier molecular flexibility index (Phi) is 3.21. The van der Waals surface area contributed by atoms with E-state index in [0.29, 0.717) is 0 Å². The SMILES string of the molecule is O=P1(c2ccccc2)c2ccccc2-c2c1c1ccccc1c1ccccc21. The van der Waals surface area contributed by atoms with Crippen molar-refractivity contribution in [3.8, 4) is 11.1 Å². The lowest BCUT2D eigenvalue weighted by Crippen LogP contribution is -2.21. The molecule has 1 heterocycles. The Morgan fingerprint density at radius 1 is 0.500 bits per heavy atom. The highest BCUT2D eigenvalue weighted by Gasteiger charge is 2.42. The number of rotatable bonds is 1. The molecule has 0 radical (unpaired) electrons. The second kappa shape index (κ2) is 5.67. The molecule has 0 saturated heterocycles. The fourth-order valence-corrected chi connectivity index (χ4v) is 7.99. The average Bonchev–Trinajstić information content (AvgIpc) is 3.05. The summed E-state index contributed by atoms with van der Waals surface area (Å²) in [4.78, 5) is 0. The van der Waals surface area contributed by atoms with Gasteiger partial charge in [0.2, 0.25) is 0 Å². The summed E-state index contributed by atoms with van der Waals surface area (Å²) in [5.74, 6) is 0. The molecule has 1 nitrogen and oxygen atoms in total. The van der Waals surface area contributed by atoms with E-state index in [1.807, 2.05) is 48.5 Å². The first-order valence-electron chi connectivity index (χ1n) is 9.50. The molecule has 0 saturated carbocycles. The largest absolute Gasteiger partial charge is 0.309 e. The van der Waals surface area contributed by atoms with Gasteiger partial charge in [-0.15, -0.1) is 0 Å². The first-order valence-corrected chi connectivity index (χ1v) is 11.2. The van der Waals surface area contributed by atoms with Gasteiger partial charge < -0.3 is 4.57 Å². The maximum Gasteiger partial charge on any atom is 0.172 e. The molecule has 1 aliphatic heterocycles. The van der Waals surface area contributed by atoms with Crippen molar-refractivity contribution in [3.05, 3.63) is 103 Å². The van der Waals surface area contributed by atoms with E-state index in [9.17, 15) is 4.57 Å². The highest BCUT2D eigenvalue weighted by atomic mass is 31.2. The van der Waals surface area contributed by atoms with Crippen LogP contribution in [-0.2, 0) is 4.57 Å². The molecule has 0 N–H and O–H groups in total. The highest BCUT2D eigenvalue weighted by Crippen LogP contribution is 2.55. The van der Waals surface area contributed by atoms with E-state index in [0.717, 1.165) is 32.4 Å². The van der Waals surface area contributed by atoms with E-state index in [1.165, 1.54) is 16.2 Å². The Balaban J connectivity index is 1.93. The van der Waals surface area contributed by atoms with Crippen molar-refractivity contribution in [1.82, 2.24) is 0 Å². The monoisotopic (exact) mass is 376 g/mol. The minimum absolute atomic E-state index is 0.904. The van der Waals surface area contributed by atoms with E-state index in [4.69, 9.17) is 0 Å². The van der Waals surface area contributed by atoms with Gasteiger partial charge in [-0.1, -0.05) is 103 Å². The summed E-state index contributed by atoms with van der Waals surface area (Å²) in [6.45, 7) is 0. The van der Waals surface area contributed by atoms with Crippen LogP contribution in [0.5, 0.6) is 0 Å². The van der Waals surface area contributed by atoms with Gasteiger partial charge in [0.1, 0.15) is 0 Å². The second-order valence-corrected chi connectivity index (χ2v) is 9.94. The van der Waals surface area contributed by atoms with E-state index in [2.05, 4.69) is 54.6 Å². The van der Waals surface area contributed by atoms with Crippen molar-refractivity contribution in [2.75, 3.05) is 0 Å². The maximum absolute atomic E-state index is 14.9. The number of hydrogen-bond donors (Lipinski definition) is 0. The minimum Gasteiger partial charge on any atom is -0.309 e. The van der Waals surface area contributed by atoms with Crippen LogP contribution in [0.3, 0.4) is 0 Å². The third-order valence-corrected chi connectivity index (χ3v) is 9.04. The molecule has 0 aromatic heterocycles. The first-order chi connectivity index (χ1) is 13.8. The summed E-state index contributed by atoms with van der Waals surface area (Å²) in [6, 6.07) is 35.1. The van der Waals surface area contributed by atoms with Crippen LogP contribution in [-0.4, -0.2) is 0 Å². The van der Waals surface area contributed by atoms with E-state index in [-0.39, 0.29) is 0 Å². The number of fused-ring (bicyclic) bond motifs is 8. The van der Waals surface area contributed by atoms with Gasteiger partial charge in [0, 0.05) is 21.5 Å². The molecule has 0 aliphatic carbocycles. The number of hydrogen-bond acceptors (Lipinski definition) is 1. The molecule has 0 bridgehead atoms. The van der Waals surface area contributed by atoms with E-state index >= 15 is 0 Å². The summed E-state index contributed by atoms with van der Waals surface area (Å²) < 4.78 is 14.9. The van der Waals surface area contributed by atoms with Crippen molar-refractivity contribution in [2.45, 2.75) is 0 Å². The molecule has 2 heteroatoms. The Morgan fingerprint density at radius 3 is 1.79 bits per heavy atom. The zero-order chi connectivity index (χ0) is 18.7. The molecule has 132 valence electrons. The Morgan fingerprint density at radius 2 is 1.04 bits per heavy atom. The van der Waals surface area contributed by atoms with Crippen molar-refractivity contribution in [1.29, 1.82) is 0 Å². The van der Waals surface area contributed by atoms with Crippen LogP contribution >= 0.6 is 7.14 Å². The molecule has 0 amide bonds. The third kappa shape index (κ3) is 1.90. The average molecular weight is 376 g/mol. The molecule has 1 atom stereocenters. The highest BCUT2D eigenvalue weighted by molar-refractivity contribution is 7.87. The zero-order valence-electron chi connectivity index (χ0n) is 15.2. The quantitative estimate of drug-likeness (QED) is 0.269. The van der Waals surface area contributed by atoms with E-state index in [1.54, 1.807) is 0 Å². The summed E-state index contributed by atoms with van der Waals surface area (Å²) in [7, 11) is -2.95. The van der Waals surface area contributed by atoms with Crippen LogP contribution in [0.2, 0.25) is 0 Å². The van der Waals surface area contributed by atoms with Gasteiger partial charge in [-0.3, -0.25) is 0 Å². The van der Waals surface area contributed by atoms with Crippen molar-refractivity contribution >= 4 is 44.6 Å². The number of benzene rings is 5. The second-order valence-electron chi connectivity index (χ2n) is 7.28. The molecule has 5 aromatic carbocycles. The van der Waals surface area contributed by atoms with Crippen molar-refractivity contribution in [2.24, 2.45) is 0 Å². The molecular formula is C26H17OP. The molecule has 6 rings (SSSR count). The van der Waals surface area contributed by atoms with Gasteiger partial charge in [0.15, 0.2) is 7.14 Å². The fourth-order valence-electron chi connectivity index (χ4n) is 4.71. The summed E-state index contributed by atoms with van der Waals surface area (Å²) in [5, 5.41) is 7.51. The van der Waals surface area contributed by atoms with Crippen LogP contribution in [0.4, 0.5) is 0 Å². The van der Waals surface area contributed by atoms with Gasteiger partial charge in [0.05, 0.1) is 0 Å². The third-order valence-electron chi connectivity index (χ3n) is 5.85. The lowest BCUT2D eigenvalue weighted by molar-refractivity contribution is 0.593. The normalized spacial score (nSPS) is 17.6. The molecule has 28 heavy (non-hydrogen) atoms. The fraction of sp³-hybridized carbons (Fsp3) is 0. The Labute approximate surface area is 163 Å². The maximum atomic E-state index is 14.9. The topological polar surface area (TPSA) is 17.1 Å². The summed E-state index contributed by atoms with van der Waals surface area (Å²) in [5.41, 5.74) is 2.24. The van der Waals surface area contributed by atoms with Crippen LogP contribution in [0.1, 0.15) is 0 Å². The molecule has 1 aliphatic rings. The van der Waals surface area contributed by atoms with Crippen molar-refractivity contribution < 1.29 is 4.57 Å². The van der Waals surface area contributed by atoms with Gasteiger partial charge >= 0.3 is 0 Å². The molecule has 5 aromatic rings. The lowest BCUT2D eigenvalue weighted by Gasteiger charge is -2.18. The predicted molar refractivity (Wildman–Crippen MR) is 120 cm³/mol. The van der Waals surface area contributed by atoms with Crippen LogP contribution < -0.4 is 15.9 Å². The molecule has 0 fully saturated rings. The minimum atomic E-state index is -2.95. The molecule has 1 unspecified atom stereocenters. The Hall–Kier alpha value is -3.15. The smallest absolute Gasteiger partial charge is 0.172 e. The van der Waals surface area contributed by atoms with E-state index < -0.39 is 7.14 Å². The van der Waals surface area contributed by atoms with Crippen LogP contribution in [0.25, 0.3) is 32.7 Å². The summed E-state index contributed by atoms with van der Waals surface area (Å²) >= 11 is 0. The van der Waals surface area contributed by atoms with Gasteiger partial charge in [-0.05, 0) is 27.1 Å². The lowest BCUT2D eigenvalue weighted by atomic mass is 9.93. The zero-order valence-corrected chi connectivity index (χ0v) is 16.1. The standard InChI is InChI=1S/C26H17OP/c27-28(18-10-2-1-3-11-18)24-17-9-8-16-23(24)25-21-14-6-4-12-19(21)20-13-5-7-15-22(20)26(25)28/h1-17H. The van der Waals surface area contributed by atoms with Crippen LogP contribution in [0, 0.1) is 0 Å².